The Bertz CT molecular complexity index is 2620. The first-order chi connectivity index (χ1) is 30.9. The lowest BCUT2D eigenvalue weighted by atomic mass is 9.68. The van der Waals surface area contributed by atoms with Crippen molar-refractivity contribution in [2.75, 3.05) is 23.4 Å². The zero-order chi connectivity index (χ0) is 45.0. The van der Waals surface area contributed by atoms with Crippen LogP contribution in [-0.4, -0.2) is 54.8 Å². The maximum absolute atomic E-state index is 14.7. The van der Waals surface area contributed by atoms with Gasteiger partial charge in [-0.15, -0.1) is 0 Å². The summed E-state index contributed by atoms with van der Waals surface area (Å²) in [5.74, 6) is -2.86. The fourth-order valence-corrected chi connectivity index (χ4v) is 14.7. The summed E-state index contributed by atoms with van der Waals surface area (Å²) in [6, 6.07) is 49.1. The quantitative estimate of drug-likeness (QED) is 0.0461. The van der Waals surface area contributed by atoms with Gasteiger partial charge in [-0.1, -0.05) is 149 Å². The van der Waals surface area contributed by atoms with Gasteiger partial charge in [0.25, 0.3) is 8.32 Å². The second-order valence-corrected chi connectivity index (χ2v) is 22.4. The minimum atomic E-state index is -3.08. The monoisotopic (exact) mass is 870 g/mol. The molecule has 1 aliphatic heterocycles. The number of carbonyl (C=O) groups is 2. The number of hydrogen-bond acceptors (Lipinski definition) is 7. The number of allylic oxidation sites excluding steroid dienone is 1. The minimum absolute atomic E-state index is 0.122. The SMILES string of the molecule is CC/C(=C\c1ccc(O)c2ccccc12)CC[C@@H](O)C1=C(CO[Si](c2ccccc2)(c2ccccc2)C(C)(C)C)C[C@H]2C(=O)N(c3ccc(Nc4ccccc4)cc3)C(=O)[C@H]2[C@H]1CO. The molecule has 2 amide bonds. The van der Waals surface area contributed by atoms with E-state index in [9.17, 15) is 24.9 Å². The number of phenols is 1. The highest BCUT2D eigenvalue weighted by Crippen LogP contribution is 2.48. The number of hydrogen-bond donors (Lipinski definition) is 4. The van der Waals surface area contributed by atoms with Gasteiger partial charge in [-0.05, 0) is 106 Å². The lowest BCUT2D eigenvalue weighted by Crippen LogP contribution is -2.66. The molecule has 1 saturated heterocycles. The van der Waals surface area contributed by atoms with E-state index in [2.05, 4.69) is 63.4 Å². The highest BCUT2D eigenvalue weighted by atomic mass is 28.4. The highest BCUT2D eigenvalue weighted by molar-refractivity contribution is 6.99. The average Bonchev–Trinajstić information content (AvgIpc) is 3.56. The van der Waals surface area contributed by atoms with E-state index >= 15 is 0 Å². The molecular formula is C55H58N2O6Si. The number of phenolic OH excluding ortho intramolecular Hbond substituents is 1. The van der Waals surface area contributed by atoms with Crippen molar-refractivity contribution in [1.29, 1.82) is 0 Å². The number of nitrogens with one attached hydrogen (secondary N) is 1. The van der Waals surface area contributed by atoms with E-state index in [0.717, 1.165) is 55.7 Å². The van der Waals surface area contributed by atoms with Crippen molar-refractivity contribution >= 4 is 64.4 Å². The molecule has 1 aliphatic carbocycles. The third-order valence-electron chi connectivity index (χ3n) is 13.3. The molecule has 0 unspecified atom stereocenters. The molecule has 6 aromatic rings. The number of nitrogens with zero attached hydrogens (tertiary/aromatic N) is 1. The van der Waals surface area contributed by atoms with E-state index in [4.69, 9.17) is 4.43 Å². The van der Waals surface area contributed by atoms with Crippen LogP contribution in [0.25, 0.3) is 16.8 Å². The van der Waals surface area contributed by atoms with E-state index in [0.29, 0.717) is 24.1 Å². The van der Waals surface area contributed by atoms with E-state index in [1.54, 1.807) is 18.2 Å². The third-order valence-corrected chi connectivity index (χ3v) is 18.3. The Balaban J connectivity index is 1.16. The van der Waals surface area contributed by atoms with Crippen molar-refractivity contribution in [3.63, 3.8) is 0 Å². The number of rotatable bonds is 15. The highest BCUT2D eigenvalue weighted by Gasteiger charge is 2.56. The summed E-state index contributed by atoms with van der Waals surface area (Å²) < 4.78 is 7.48. The van der Waals surface area contributed by atoms with Crippen LogP contribution in [0.2, 0.25) is 5.04 Å². The lowest BCUT2D eigenvalue weighted by molar-refractivity contribution is -0.123. The molecule has 64 heavy (non-hydrogen) atoms. The summed E-state index contributed by atoms with van der Waals surface area (Å²) in [6.45, 7) is 8.43. The normalized spacial score (nSPS) is 18.7. The van der Waals surface area contributed by atoms with E-state index in [1.165, 1.54) is 4.90 Å². The molecule has 0 aromatic heterocycles. The number of amides is 2. The van der Waals surface area contributed by atoms with Crippen LogP contribution in [0.1, 0.15) is 58.9 Å². The first kappa shape index (κ1) is 44.5. The Morgan fingerprint density at radius 3 is 1.95 bits per heavy atom. The Hall–Kier alpha value is -6.10. The van der Waals surface area contributed by atoms with Gasteiger partial charge in [0.1, 0.15) is 5.75 Å². The van der Waals surface area contributed by atoms with E-state index in [-0.39, 0.29) is 35.6 Å². The molecule has 0 radical (unpaired) electrons. The van der Waals surface area contributed by atoms with Crippen molar-refractivity contribution in [1.82, 2.24) is 0 Å². The number of aliphatic hydroxyl groups excluding tert-OH is 2. The molecule has 4 N–H and O–H groups in total. The minimum Gasteiger partial charge on any atom is -0.507 e. The fourth-order valence-electron chi connectivity index (χ4n) is 10.2. The van der Waals surface area contributed by atoms with Gasteiger partial charge in [-0.3, -0.25) is 14.5 Å². The van der Waals surface area contributed by atoms with Crippen molar-refractivity contribution in [3.05, 3.63) is 174 Å². The molecule has 2 aliphatic rings. The van der Waals surface area contributed by atoms with Gasteiger partial charge >= 0.3 is 0 Å². The summed E-state index contributed by atoms with van der Waals surface area (Å²) in [6.07, 6.45) is 2.95. The predicted octanol–water partition coefficient (Wildman–Crippen LogP) is 9.91. The van der Waals surface area contributed by atoms with E-state index in [1.807, 2.05) is 109 Å². The van der Waals surface area contributed by atoms with Gasteiger partial charge in [-0.2, -0.15) is 0 Å². The number of anilines is 3. The smallest absolute Gasteiger partial charge is 0.261 e. The largest absolute Gasteiger partial charge is 0.507 e. The first-order valence-corrected chi connectivity index (χ1v) is 24.3. The Kier molecular flexibility index (Phi) is 13.2. The number of para-hydroxylation sites is 1. The summed E-state index contributed by atoms with van der Waals surface area (Å²) in [5, 5.41) is 41.4. The van der Waals surface area contributed by atoms with Crippen LogP contribution in [0.4, 0.5) is 17.1 Å². The lowest BCUT2D eigenvalue weighted by Gasteiger charge is -2.44. The second kappa shape index (κ2) is 18.9. The zero-order valence-electron chi connectivity index (χ0n) is 37.1. The van der Waals surface area contributed by atoms with Crippen molar-refractivity contribution < 1.29 is 29.3 Å². The second-order valence-electron chi connectivity index (χ2n) is 18.1. The summed E-state index contributed by atoms with van der Waals surface area (Å²) >= 11 is 0. The molecule has 6 aromatic carbocycles. The maximum Gasteiger partial charge on any atom is 0.261 e. The van der Waals surface area contributed by atoms with Gasteiger partial charge < -0.3 is 25.1 Å². The summed E-state index contributed by atoms with van der Waals surface area (Å²) in [7, 11) is -3.08. The molecule has 8 rings (SSSR count). The molecule has 0 bridgehead atoms. The summed E-state index contributed by atoms with van der Waals surface area (Å²) in [5.41, 5.74) is 5.64. The van der Waals surface area contributed by atoms with Gasteiger partial charge in [-0.25, -0.2) is 0 Å². The van der Waals surface area contributed by atoms with Gasteiger partial charge in [0, 0.05) is 22.7 Å². The van der Waals surface area contributed by atoms with Crippen LogP contribution in [0.5, 0.6) is 5.75 Å². The van der Waals surface area contributed by atoms with Crippen molar-refractivity contribution in [2.45, 2.75) is 64.5 Å². The Morgan fingerprint density at radius 1 is 0.781 bits per heavy atom. The Morgan fingerprint density at radius 2 is 1.36 bits per heavy atom. The predicted molar refractivity (Wildman–Crippen MR) is 261 cm³/mol. The molecule has 0 saturated carbocycles. The van der Waals surface area contributed by atoms with Crippen molar-refractivity contribution in [2.24, 2.45) is 17.8 Å². The van der Waals surface area contributed by atoms with Crippen LogP contribution >= 0.6 is 0 Å². The topological polar surface area (TPSA) is 119 Å². The van der Waals surface area contributed by atoms with Crippen LogP contribution < -0.4 is 20.6 Å². The number of imide groups is 1. The number of carbonyl (C=O) groups excluding carboxylic acids is 2. The first-order valence-electron chi connectivity index (χ1n) is 22.4. The molecule has 8 nitrogen and oxygen atoms in total. The van der Waals surface area contributed by atoms with Crippen LogP contribution in [-0.2, 0) is 14.0 Å². The molecule has 1 heterocycles. The fraction of sp³-hybridized carbons (Fsp3) is 0.273. The summed E-state index contributed by atoms with van der Waals surface area (Å²) in [4.78, 5) is 30.6. The number of benzene rings is 6. The van der Waals surface area contributed by atoms with Crippen molar-refractivity contribution in [3.8, 4) is 5.75 Å². The molecule has 9 heteroatoms. The van der Waals surface area contributed by atoms with Crippen LogP contribution in [0.15, 0.2) is 168 Å². The molecule has 328 valence electrons. The number of fused-ring (bicyclic) bond motifs is 2. The maximum atomic E-state index is 14.7. The third kappa shape index (κ3) is 8.61. The average molecular weight is 871 g/mol. The number of aliphatic hydroxyl groups is 2. The Labute approximate surface area is 377 Å². The number of aromatic hydroxyl groups is 1. The molecule has 0 spiro atoms. The van der Waals surface area contributed by atoms with Crippen LogP contribution in [0, 0.1) is 17.8 Å². The molecule has 1 fully saturated rings. The molecular weight excluding hydrogens is 813 g/mol. The van der Waals surface area contributed by atoms with Gasteiger partial charge in [0.05, 0.1) is 36.8 Å². The van der Waals surface area contributed by atoms with E-state index < -0.39 is 38.8 Å². The zero-order valence-corrected chi connectivity index (χ0v) is 38.1. The standard InChI is InChI=1S/C55H58N2O6Si/c1-5-37(33-38-26-32-49(59)46-24-16-15-23-45(38)46)25-31-50(60)51-39(36-63-64(55(2,3)4,43-19-11-7-12-20-43)44-21-13-8-14-22-44)34-47-52(48(51)35-58)54(62)57(53(47)61)42-29-27-41(28-30-42)56-40-17-9-6-10-18-40/h6-24,26-30,32-33,47-48,50,52,56,58-60H,5,25,31,34-36H2,1-4H3/b37-33+/t47-,48+,50-,52-/m1/s1. The van der Waals surface area contributed by atoms with Gasteiger partial charge in [0.2, 0.25) is 11.8 Å². The molecule has 4 atom stereocenters. The van der Waals surface area contributed by atoms with Gasteiger partial charge in [0.15, 0.2) is 0 Å². The van der Waals surface area contributed by atoms with Crippen LogP contribution in [0.3, 0.4) is 0 Å².